The average Bonchev–Trinajstić information content (AvgIpc) is 2.39. The quantitative estimate of drug-likeness (QED) is 0.867. The highest BCUT2D eigenvalue weighted by molar-refractivity contribution is 5.28. The number of nitrogens with zero attached hydrogens (tertiary/aromatic N) is 2. The van der Waals surface area contributed by atoms with E-state index in [0.717, 1.165) is 56.4 Å². The lowest BCUT2D eigenvalue weighted by Crippen LogP contribution is -2.30. The Bertz CT molecular complexity index is 440. The second-order valence-corrected chi connectivity index (χ2v) is 6.56. The average molecular weight is 275 g/mol. The number of nitrogens with one attached hydrogen (secondary N) is 1. The van der Waals surface area contributed by atoms with Gasteiger partial charge in [-0.3, -0.25) is 0 Å². The maximum absolute atomic E-state index is 4.78. The maximum atomic E-state index is 4.78. The van der Waals surface area contributed by atoms with Crippen molar-refractivity contribution in [2.45, 2.75) is 59.8 Å². The lowest BCUT2D eigenvalue weighted by Gasteiger charge is -2.26. The molecule has 1 unspecified atom stereocenters. The van der Waals surface area contributed by atoms with Gasteiger partial charge in [0.25, 0.3) is 0 Å². The molecule has 2 rings (SSSR count). The first-order valence-corrected chi connectivity index (χ1v) is 8.16. The van der Waals surface area contributed by atoms with Crippen molar-refractivity contribution in [1.29, 1.82) is 0 Å². The maximum Gasteiger partial charge on any atom is 0.128 e. The summed E-state index contributed by atoms with van der Waals surface area (Å²) in [6.45, 7) is 11.1. The monoisotopic (exact) mass is 275 g/mol. The van der Waals surface area contributed by atoms with Crippen LogP contribution < -0.4 is 5.32 Å². The van der Waals surface area contributed by atoms with Crippen LogP contribution in [0.1, 0.15) is 56.4 Å². The lowest BCUT2D eigenvalue weighted by atomic mass is 9.85. The molecule has 112 valence electrons. The van der Waals surface area contributed by atoms with Gasteiger partial charge in [0, 0.05) is 17.8 Å². The Balaban J connectivity index is 1.99. The lowest BCUT2D eigenvalue weighted by molar-refractivity contribution is 0.403. The van der Waals surface area contributed by atoms with E-state index in [9.17, 15) is 0 Å². The first-order chi connectivity index (χ1) is 9.60. The Morgan fingerprint density at radius 1 is 1.30 bits per heavy atom. The molecule has 0 saturated heterocycles. The van der Waals surface area contributed by atoms with E-state index >= 15 is 0 Å². The van der Waals surface area contributed by atoms with Crippen LogP contribution in [0.2, 0.25) is 0 Å². The van der Waals surface area contributed by atoms with Crippen molar-refractivity contribution in [1.82, 2.24) is 15.3 Å². The van der Waals surface area contributed by atoms with Crippen molar-refractivity contribution < 1.29 is 0 Å². The second kappa shape index (κ2) is 7.16. The highest BCUT2D eigenvalue weighted by atomic mass is 14.9. The molecule has 0 amide bonds. The Hall–Kier alpha value is -0.960. The van der Waals surface area contributed by atoms with Crippen molar-refractivity contribution in [2.75, 3.05) is 13.1 Å². The summed E-state index contributed by atoms with van der Waals surface area (Å²) >= 11 is 0. The van der Waals surface area contributed by atoms with Crippen molar-refractivity contribution in [3.63, 3.8) is 0 Å². The Labute approximate surface area is 123 Å². The van der Waals surface area contributed by atoms with E-state index in [-0.39, 0.29) is 0 Å². The third-order valence-corrected chi connectivity index (χ3v) is 4.09. The summed E-state index contributed by atoms with van der Waals surface area (Å²) < 4.78 is 0. The molecule has 1 aliphatic rings. The number of rotatable bonds is 6. The van der Waals surface area contributed by atoms with Crippen molar-refractivity contribution in [3.05, 3.63) is 22.8 Å². The van der Waals surface area contributed by atoms with E-state index in [1.54, 1.807) is 0 Å². The summed E-state index contributed by atoms with van der Waals surface area (Å²) in [4.78, 5) is 9.46. The molecule has 3 heteroatoms. The fraction of sp³-hybridized carbons (Fsp3) is 0.765. The van der Waals surface area contributed by atoms with Crippen LogP contribution in [0.25, 0.3) is 0 Å². The standard InChI is InChI=1S/C17H29N3/c1-5-6-17-19-13(4)15-9-14(7-8-16(15)20-17)11-18-10-12(2)3/h12,14,18H,5-11H2,1-4H3. The fourth-order valence-corrected chi connectivity index (χ4v) is 3.01. The molecule has 1 aromatic heterocycles. The summed E-state index contributed by atoms with van der Waals surface area (Å²) in [5.74, 6) is 2.52. The first kappa shape index (κ1) is 15.4. The molecule has 1 aromatic rings. The zero-order valence-electron chi connectivity index (χ0n) is 13.5. The van der Waals surface area contributed by atoms with E-state index in [0.29, 0.717) is 0 Å². The largest absolute Gasteiger partial charge is 0.316 e. The summed E-state index contributed by atoms with van der Waals surface area (Å²) in [7, 11) is 0. The molecule has 0 spiro atoms. The van der Waals surface area contributed by atoms with Crippen LogP contribution in [0.5, 0.6) is 0 Å². The zero-order valence-corrected chi connectivity index (χ0v) is 13.5. The van der Waals surface area contributed by atoms with E-state index in [1.165, 1.54) is 23.4 Å². The van der Waals surface area contributed by atoms with Crippen LogP contribution in [0.3, 0.4) is 0 Å². The van der Waals surface area contributed by atoms with E-state index in [2.05, 4.69) is 38.0 Å². The van der Waals surface area contributed by atoms with Crippen LogP contribution in [-0.4, -0.2) is 23.1 Å². The highest BCUT2D eigenvalue weighted by Gasteiger charge is 2.22. The Morgan fingerprint density at radius 3 is 2.80 bits per heavy atom. The molecule has 1 N–H and O–H groups in total. The van der Waals surface area contributed by atoms with E-state index in [1.807, 2.05) is 0 Å². The van der Waals surface area contributed by atoms with Gasteiger partial charge >= 0.3 is 0 Å². The van der Waals surface area contributed by atoms with Crippen molar-refractivity contribution in [2.24, 2.45) is 11.8 Å². The van der Waals surface area contributed by atoms with Gasteiger partial charge in [0.1, 0.15) is 5.82 Å². The summed E-state index contributed by atoms with van der Waals surface area (Å²) in [6.07, 6.45) is 5.68. The minimum atomic E-state index is 0.729. The van der Waals surface area contributed by atoms with Gasteiger partial charge < -0.3 is 5.32 Å². The topological polar surface area (TPSA) is 37.8 Å². The van der Waals surface area contributed by atoms with Crippen molar-refractivity contribution >= 4 is 0 Å². The predicted octanol–water partition coefficient (Wildman–Crippen LogP) is 3.09. The molecule has 0 aromatic carbocycles. The molecule has 1 heterocycles. The van der Waals surface area contributed by atoms with Crippen LogP contribution >= 0.6 is 0 Å². The molecule has 0 radical (unpaired) electrons. The number of hydrogen-bond acceptors (Lipinski definition) is 3. The Kier molecular flexibility index (Phi) is 5.53. The molecular weight excluding hydrogens is 246 g/mol. The van der Waals surface area contributed by atoms with Gasteiger partial charge in [0.15, 0.2) is 0 Å². The fourth-order valence-electron chi connectivity index (χ4n) is 3.01. The molecule has 0 aliphatic heterocycles. The van der Waals surface area contributed by atoms with E-state index in [4.69, 9.17) is 4.98 Å². The first-order valence-electron chi connectivity index (χ1n) is 8.16. The molecule has 3 nitrogen and oxygen atoms in total. The van der Waals surface area contributed by atoms with E-state index < -0.39 is 0 Å². The number of aromatic nitrogens is 2. The van der Waals surface area contributed by atoms with Crippen LogP contribution in [0.4, 0.5) is 0 Å². The number of hydrogen-bond donors (Lipinski definition) is 1. The molecule has 20 heavy (non-hydrogen) atoms. The minimum absolute atomic E-state index is 0.729. The van der Waals surface area contributed by atoms with Gasteiger partial charge in [-0.25, -0.2) is 9.97 Å². The summed E-state index contributed by atoms with van der Waals surface area (Å²) in [5, 5.41) is 3.60. The minimum Gasteiger partial charge on any atom is -0.316 e. The van der Waals surface area contributed by atoms with Gasteiger partial charge in [-0.05, 0) is 63.1 Å². The third-order valence-electron chi connectivity index (χ3n) is 4.09. The van der Waals surface area contributed by atoms with Gasteiger partial charge in [0.05, 0.1) is 0 Å². The van der Waals surface area contributed by atoms with Gasteiger partial charge in [-0.2, -0.15) is 0 Å². The highest BCUT2D eigenvalue weighted by Crippen LogP contribution is 2.26. The SMILES string of the molecule is CCCc1nc(C)c2c(n1)CCC(CNCC(C)C)C2. The number of fused-ring (bicyclic) bond motifs is 1. The summed E-state index contributed by atoms with van der Waals surface area (Å²) in [6, 6.07) is 0. The normalized spacial score (nSPS) is 18.4. The molecule has 0 saturated carbocycles. The molecular formula is C17H29N3. The van der Waals surface area contributed by atoms with Gasteiger partial charge in [-0.1, -0.05) is 20.8 Å². The van der Waals surface area contributed by atoms with Crippen LogP contribution in [0.15, 0.2) is 0 Å². The smallest absolute Gasteiger partial charge is 0.128 e. The Morgan fingerprint density at radius 2 is 2.10 bits per heavy atom. The second-order valence-electron chi connectivity index (χ2n) is 6.56. The summed E-state index contributed by atoms with van der Waals surface area (Å²) in [5.41, 5.74) is 3.96. The van der Waals surface area contributed by atoms with Gasteiger partial charge in [0.2, 0.25) is 0 Å². The van der Waals surface area contributed by atoms with Gasteiger partial charge in [-0.15, -0.1) is 0 Å². The molecule has 0 bridgehead atoms. The van der Waals surface area contributed by atoms with Crippen LogP contribution in [-0.2, 0) is 19.3 Å². The third kappa shape index (κ3) is 4.02. The predicted molar refractivity (Wildman–Crippen MR) is 84.0 cm³/mol. The van der Waals surface area contributed by atoms with Crippen LogP contribution in [0, 0.1) is 18.8 Å². The zero-order chi connectivity index (χ0) is 14.5. The molecule has 1 aliphatic carbocycles. The molecule has 0 fully saturated rings. The van der Waals surface area contributed by atoms with Crippen molar-refractivity contribution in [3.8, 4) is 0 Å². The number of aryl methyl sites for hydroxylation is 3. The molecule has 1 atom stereocenters.